The van der Waals surface area contributed by atoms with E-state index in [0.717, 1.165) is 25.7 Å². The molecular weight excluding hydrogens is 222 g/mol. The number of nitriles is 1. The molecule has 3 heteroatoms. The molecule has 1 atom stereocenters. The van der Waals surface area contributed by atoms with Crippen LogP contribution in [0.1, 0.15) is 52.9 Å². The van der Waals surface area contributed by atoms with E-state index in [-0.39, 0.29) is 5.92 Å². The summed E-state index contributed by atoms with van der Waals surface area (Å²) in [7, 11) is 0. The van der Waals surface area contributed by atoms with Crippen molar-refractivity contribution in [2.75, 3.05) is 19.6 Å². The standard InChI is InChI=1S/C15H29N3/c1-4-10-17-14-6-8-15(9-7-14)18(5-2)12-13(3)11-16/h13-15,17H,4-10,12H2,1-3H3. The molecule has 0 aromatic rings. The summed E-state index contributed by atoms with van der Waals surface area (Å²) in [6.07, 6.45) is 6.38. The van der Waals surface area contributed by atoms with Crippen molar-refractivity contribution in [1.82, 2.24) is 10.2 Å². The van der Waals surface area contributed by atoms with E-state index in [1.165, 1.54) is 32.1 Å². The molecule has 3 nitrogen and oxygen atoms in total. The van der Waals surface area contributed by atoms with Gasteiger partial charge in [-0.25, -0.2) is 0 Å². The molecule has 1 saturated carbocycles. The van der Waals surface area contributed by atoms with Crippen LogP contribution in [0.2, 0.25) is 0 Å². The molecule has 0 aliphatic heterocycles. The average Bonchev–Trinajstić information content (AvgIpc) is 2.42. The van der Waals surface area contributed by atoms with Crippen molar-refractivity contribution < 1.29 is 0 Å². The molecule has 0 aromatic carbocycles. The number of nitrogens with one attached hydrogen (secondary N) is 1. The van der Waals surface area contributed by atoms with Crippen LogP contribution >= 0.6 is 0 Å². The SMILES string of the molecule is CCCNC1CCC(N(CC)CC(C)C#N)CC1. The van der Waals surface area contributed by atoms with Gasteiger partial charge in [0, 0.05) is 18.6 Å². The zero-order chi connectivity index (χ0) is 13.4. The summed E-state index contributed by atoms with van der Waals surface area (Å²) >= 11 is 0. The van der Waals surface area contributed by atoms with Crippen LogP contribution < -0.4 is 5.32 Å². The molecule has 0 aromatic heterocycles. The second-order valence-corrected chi connectivity index (χ2v) is 5.58. The second-order valence-electron chi connectivity index (χ2n) is 5.58. The van der Waals surface area contributed by atoms with E-state index in [0.29, 0.717) is 6.04 Å². The smallest absolute Gasteiger partial charge is 0.0666 e. The lowest BCUT2D eigenvalue weighted by Crippen LogP contribution is -2.43. The molecule has 18 heavy (non-hydrogen) atoms. The fourth-order valence-corrected chi connectivity index (χ4v) is 2.92. The fourth-order valence-electron chi connectivity index (χ4n) is 2.92. The number of hydrogen-bond acceptors (Lipinski definition) is 3. The van der Waals surface area contributed by atoms with Crippen molar-refractivity contribution in [3.8, 4) is 6.07 Å². The van der Waals surface area contributed by atoms with Crippen molar-refractivity contribution in [1.29, 1.82) is 5.26 Å². The molecule has 1 unspecified atom stereocenters. The highest BCUT2D eigenvalue weighted by molar-refractivity contribution is 4.87. The lowest BCUT2D eigenvalue weighted by Gasteiger charge is -2.37. The van der Waals surface area contributed by atoms with Crippen LogP contribution in [0.3, 0.4) is 0 Å². The zero-order valence-corrected chi connectivity index (χ0v) is 12.3. The van der Waals surface area contributed by atoms with E-state index in [4.69, 9.17) is 5.26 Å². The van der Waals surface area contributed by atoms with Gasteiger partial charge in [-0.05, 0) is 52.1 Å². The molecule has 0 amide bonds. The van der Waals surface area contributed by atoms with Gasteiger partial charge in [-0.3, -0.25) is 4.90 Å². The Balaban J connectivity index is 2.33. The van der Waals surface area contributed by atoms with Gasteiger partial charge in [0.2, 0.25) is 0 Å². The molecule has 0 heterocycles. The molecule has 1 aliphatic rings. The first-order valence-corrected chi connectivity index (χ1v) is 7.58. The van der Waals surface area contributed by atoms with Crippen LogP contribution in [0.5, 0.6) is 0 Å². The van der Waals surface area contributed by atoms with Crippen molar-refractivity contribution in [3.63, 3.8) is 0 Å². The van der Waals surface area contributed by atoms with E-state index in [9.17, 15) is 0 Å². The second kappa shape index (κ2) is 8.50. The van der Waals surface area contributed by atoms with E-state index < -0.39 is 0 Å². The molecule has 104 valence electrons. The van der Waals surface area contributed by atoms with Crippen molar-refractivity contribution in [2.45, 2.75) is 65.0 Å². The lowest BCUT2D eigenvalue weighted by atomic mass is 9.89. The maximum absolute atomic E-state index is 8.93. The highest BCUT2D eigenvalue weighted by Crippen LogP contribution is 2.23. The first kappa shape index (κ1) is 15.5. The number of rotatable bonds is 7. The Bertz CT molecular complexity index is 251. The van der Waals surface area contributed by atoms with Crippen LogP contribution in [0.25, 0.3) is 0 Å². The third kappa shape index (κ3) is 4.96. The summed E-state index contributed by atoms with van der Waals surface area (Å²) in [6.45, 7) is 9.62. The van der Waals surface area contributed by atoms with Gasteiger partial charge in [0.05, 0.1) is 12.0 Å². The highest BCUT2D eigenvalue weighted by atomic mass is 15.2. The van der Waals surface area contributed by atoms with Gasteiger partial charge in [-0.2, -0.15) is 5.26 Å². The Hall–Kier alpha value is -0.590. The van der Waals surface area contributed by atoms with Crippen LogP contribution in [0.15, 0.2) is 0 Å². The molecule has 1 N–H and O–H groups in total. The minimum atomic E-state index is 0.154. The van der Waals surface area contributed by atoms with Crippen molar-refractivity contribution >= 4 is 0 Å². The maximum atomic E-state index is 8.93. The van der Waals surface area contributed by atoms with Crippen molar-refractivity contribution in [3.05, 3.63) is 0 Å². The average molecular weight is 251 g/mol. The third-order valence-corrected chi connectivity index (χ3v) is 4.03. The Morgan fingerprint density at radius 1 is 1.28 bits per heavy atom. The summed E-state index contributed by atoms with van der Waals surface area (Å²) in [4.78, 5) is 2.50. The first-order chi connectivity index (χ1) is 8.71. The van der Waals surface area contributed by atoms with Crippen LogP contribution in [0.4, 0.5) is 0 Å². The van der Waals surface area contributed by atoms with Gasteiger partial charge < -0.3 is 5.32 Å². The van der Waals surface area contributed by atoms with Gasteiger partial charge in [0.25, 0.3) is 0 Å². The van der Waals surface area contributed by atoms with Gasteiger partial charge >= 0.3 is 0 Å². The Kier molecular flexibility index (Phi) is 7.31. The molecular formula is C15H29N3. The minimum absolute atomic E-state index is 0.154. The normalized spacial score (nSPS) is 25.9. The van der Waals surface area contributed by atoms with Crippen LogP contribution in [-0.2, 0) is 0 Å². The topological polar surface area (TPSA) is 39.1 Å². The predicted octanol–water partition coefficient (Wildman–Crippen LogP) is 2.78. The summed E-state index contributed by atoms with van der Waals surface area (Å²) in [5, 5.41) is 12.6. The van der Waals surface area contributed by atoms with Gasteiger partial charge in [-0.15, -0.1) is 0 Å². The minimum Gasteiger partial charge on any atom is -0.314 e. The monoisotopic (exact) mass is 251 g/mol. The molecule has 0 bridgehead atoms. The fraction of sp³-hybridized carbons (Fsp3) is 0.933. The van der Waals surface area contributed by atoms with E-state index in [2.05, 4.69) is 30.1 Å². The van der Waals surface area contributed by atoms with Gasteiger partial charge in [-0.1, -0.05) is 13.8 Å². The summed E-state index contributed by atoms with van der Waals surface area (Å²) < 4.78 is 0. The lowest BCUT2D eigenvalue weighted by molar-refractivity contribution is 0.141. The van der Waals surface area contributed by atoms with Crippen LogP contribution in [-0.4, -0.2) is 36.6 Å². The molecule has 1 rings (SSSR count). The quantitative estimate of drug-likeness (QED) is 0.756. The van der Waals surface area contributed by atoms with Crippen LogP contribution in [0, 0.1) is 17.2 Å². The summed E-state index contributed by atoms with van der Waals surface area (Å²) in [5.74, 6) is 0.154. The molecule has 0 saturated heterocycles. The maximum Gasteiger partial charge on any atom is 0.0666 e. The van der Waals surface area contributed by atoms with E-state index in [1.807, 2.05) is 6.92 Å². The highest BCUT2D eigenvalue weighted by Gasteiger charge is 2.25. The number of hydrogen-bond donors (Lipinski definition) is 1. The molecule has 0 spiro atoms. The largest absolute Gasteiger partial charge is 0.314 e. The Labute approximate surface area is 113 Å². The van der Waals surface area contributed by atoms with Gasteiger partial charge in [0.15, 0.2) is 0 Å². The summed E-state index contributed by atoms with van der Waals surface area (Å²) in [5.41, 5.74) is 0. The van der Waals surface area contributed by atoms with Gasteiger partial charge in [0.1, 0.15) is 0 Å². The number of nitrogens with zero attached hydrogens (tertiary/aromatic N) is 2. The zero-order valence-electron chi connectivity index (χ0n) is 12.3. The Morgan fingerprint density at radius 2 is 1.94 bits per heavy atom. The van der Waals surface area contributed by atoms with Crippen molar-refractivity contribution in [2.24, 2.45) is 5.92 Å². The third-order valence-electron chi connectivity index (χ3n) is 4.03. The first-order valence-electron chi connectivity index (χ1n) is 7.58. The molecule has 1 fully saturated rings. The predicted molar refractivity (Wildman–Crippen MR) is 76.4 cm³/mol. The molecule has 1 aliphatic carbocycles. The molecule has 0 radical (unpaired) electrons. The van der Waals surface area contributed by atoms with E-state index >= 15 is 0 Å². The van der Waals surface area contributed by atoms with E-state index in [1.54, 1.807) is 0 Å². The Morgan fingerprint density at radius 3 is 2.44 bits per heavy atom. The summed E-state index contributed by atoms with van der Waals surface area (Å²) in [6, 6.07) is 3.78.